The van der Waals surface area contributed by atoms with Crippen LogP contribution in [-0.2, 0) is 11.2 Å². The fourth-order valence-electron chi connectivity index (χ4n) is 2.39. The molecule has 25 heavy (non-hydrogen) atoms. The molecule has 0 aromatic heterocycles. The molecule has 1 unspecified atom stereocenters. The molecule has 0 heterocycles. The van der Waals surface area contributed by atoms with Crippen LogP contribution in [0.25, 0.3) is 0 Å². The highest BCUT2D eigenvalue weighted by molar-refractivity contribution is 6.35. The molecule has 2 aromatic carbocycles. The maximum atomic E-state index is 12.1. The molecule has 0 aliphatic heterocycles. The summed E-state index contributed by atoms with van der Waals surface area (Å²) in [6.45, 7) is 6.47. The van der Waals surface area contributed by atoms with Crippen LogP contribution in [0.3, 0.4) is 0 Å². The minimum atomic E-state index is -0.0743. The van der Waals surface area contributed by atoms with Gasteiger partial charge in [0.05, 0.1) is 6.04 Å². The summed E-state index contributed by atoms with van der Waals surface area (Å²) in [7, 11) is 0. The van der Waals surface area contributed by atoms with Crippen molar-refractivity contribution in [2.75, 3.05) is 6.61 Å². The Bertz CT molecular complexity index is 746. The molecule has 0 aliphatic rings. The molecule has 0 fully saturated rings. The van der Waals surface area contributed by atoms with Crippen LogP contribution in [0.15, 0.2) is 36.4 Å². The maximum Gasteiger partial charge on any atom is 0.220 e. The van der Waals surface area contributed by atoms with E-state index in [9.17, 15) is 4.79 Å². The summed E-state index contributed by atoms with van der Waals surface area (Å²) in [5.74, 6) is 0.791. The van der Waals surface area contributed by atoms with Crippen molar-refractivity contribution in [3.63, 3.8) is 0 Å². The second-order valence-electron chi connectivity index (χ2n) is 6.26. The van der Waals surface area contributed by atoms with E-state index in [0.717, 1.165) is 11.3 Å². The number of aryl methyl sites for hydroxylation is 3. The minimum absolute atomic E-state index is 0.0257. The van der Waals surface area contributed by atoms with Crippen LogP contribution in [0, 0.1) is 13.8 Å². The fraction of sp³-hybridized carbons (Fsp3) is 0.350. The molecule has 1 N–H and O–H groups in total. The molecule has 0 aliphatic carbocycles. The lowest BCUT2D eigenvalue weighted by molar-refractivity contribution is -0.121. The molecule has 1 amide bonds. The molecule has 0 bridgehead atoms. The number of nitrogens with one attached hydrogen (secondary N) is 1. The molecule has 0 radical (unpaired) electrons. The Morgan fingerprint density at radius 1 is 1.12 bits per heavy atom. The average Bonchev–Trinajstić information content (AvgIpc) is 2.55. The van der Waals surface area contributed by atoms with Crippen molar-refractivity contribution in [3.8, 4) is 5.75 Å². The number of halogens is 2. The van der Waals surface area contributed by atoms with E-state index in [0.29, 0.717) is 29.5 Å². The van der Waals surface area contributed by atoms with E-state index in [2.05, 4.69) is 19.2 Å². The quantitative estimate of drug-likeness (QED) is 0.724. The van der Waals surface area contributed by atoms with Gasteiger partial charge in [0.1, 0.15) is 12.4 Å². The van der Waals surface area contributed by atoms with Gasteiger partial charge in [-0.25, -0.2) is 0 Å². The Kier molecular flexibility index (Phi) is 7.15. The lowest BCUT2D eigenvalue weighted by atomic mass is 10.1. The lowest BCUT2D eigenvalue weighted by Crippen LogP contribution is -2.36. The van der Waals surface area contributed by atoms with Crippen LogP contribution >= 0.6 is 23.2 Å². The molecule has 2 aromatic rings. The second-order valence-corrected chi connectivity index (χ2v) is 7.10. The van der Waals surface area contributed by atoms with Gasteiger partial charge in [-0.3, -0.25) is 4.79 Å². The van der Waals surface area contributed by atoms with Crippen molar-refractivity contribution in [3.05, 3.63) is 63.1 Å². The molecule has 3 nitrogen and oxygen atoms in total. The zero-order chi connectivity index (χ0) is 18.4. The van der Waals surface area contributed by atoms with E-state index in [-0.39, 0.29) is 11.9 Å². The maximum absolute atomic E-state index is 12.1. The largest absolute Gasteiger partial charge is 0.491 e. The number of carbonyl (C=O) groups excluding carboxylic acids is 1. The molecular formula is C20H23Cl2NO2. The summed E-state index contributed by atoms with van der Waals surface area (Å²) < 4.78 is 5.75. The van der Waals surface area contributed by atoms with Gasteiger partial charge in [0.15, 0.2) is 0 Å². The van der Waals surface area contributed by atoms with Crippen molar-refractivity contribution >= 4 is 29.1 Å². The molecular weight excluding hydrogens is 357 g/mol. The van der Waals surface area contributed by atoms with Crippen molar-refractivity contribution in [2.45, 2.75) is 39.7 Å². The number of amides is 1. The standard InChI is InChI=1S/C20H23Cl2NO2/c1-13-4-8-18(10-14(13)2)25-12-15(3)23-20(24)9-6-16-5-7-17(21)11-19(16)22/h4-5,7-8,10-11,15H,6,9,12H2,1-3H3,(H,23,24). The topological polar surface area (TPSA) is 38.3 Å². The summed E-state index contributed by atoms with van der Waals surface area (Å²) in [4.78, 5) is 12.1. The van der Waals surface area contributed by atoms with Crippen LogP contribution in [0.5, 0.6) is 5.75 Å². The Balaban J connectivity index is 1.76. The lowest BCUT2D eigenvalue weighted by Gasteiger charge is -2.16. The van der Waals surface area contributed by atoms with E-state index < -0.39 is 0 Å². The van der Waals surface area contributed by atoms with E-state index in [1.54, 1.807) is 12.1 Å². The van der Waals surface area contributed by atoms with E-state index in [1.165, 1.54) is 11.1 Å². The third-order valence-electron chi connectivity index (χ3n) is 4.02. The second kappa shape index (κ2) is 9.12. The van der Waals surface area contributed by atoms with Gasteiger partial charge in [-0.2, -0.15) is 0 Å². The molecule has 0 spiro atoms. The number of rotatable bonds is 7. The smallest absolute Gasteiger partial charge is 0.220 e. The van der Waals surface area contributed by atoms with Crippen molar-refractivity contribution < 1.29 is 9.53 Å². The van der Waals surface area contributed by atoms with E-state index in [4.69, 9.17) is 27.9 Å². The SMILES string of the molecule is Cc1ccc(OCC(C)NC(=O)CCc2ccc(Cl)cc2Cl)cc1C. The summed E-state index contributed by atoms with van der Waals surface area (Å²) in [5, 5.41) is 4.13. The van der Waals surface area contributed by atoms with Gasteiger partial charge in [-0.15, -0.1) is 0 Å². The van der Waals surface area contributed by atoms with Crippen LogP contribution in [0.4, 0.5) is 0 Å². The Morgan fingerprint density at radius 2 is 1.88 bits per heavy atom. The Hall–Kier alpha value is -1.71. The van der Waals surface area contributed by atoms with Crippen LogP contribution in [-0.4, -0.2) is 18.6 Å². The van der Waals surface area contributed by atoms with E-state index >= 15 is 0 Å². The summed E-state index contributed by atoms with van der Waals surface area (Å²) in [5.41, 5.74) is 3.34. The summed E-state index contributed by atoms with van der Waals surface area (Å²) in [6, 6.07) is 11.2. The molecule has 5 heteroatoms. The van der Waals surface area contributed by atoms with Crippen LogP contribution < -0.4 is 10.1 Å². The number of ether oxygens (including phenoxy) is 1. The third kappa shape index (κ3) is 6.26. The van der Waals surface area contributed by atoms with Gasteiger partial charge in [-0.05, 0) is 68.1 Å². The molecule has 1 atom stereocenters. The minimum Gasteiger partial charge on any atom is -0.491 e. The molecule has 0 saturated carbocycles. The van der Waals surface area contributed by atoms with Gasteiger partial charge in [-0.1, -0.05) is 35.3 Å². The van der Waals surface area contributed by atoms with Crippen molar-refractivity contribution in [2.24, 2.45) is 0 Å². The first-order chi connectivity index (χ1) is 11.8. The molecule has 134 valence electrons. The first-order valence-electron chi connectivity index (χ1n) is 8.28. The number of carbonyl (C=O) groups is 1. The van der Waals surface area contributed by atoms with Gasteiger partial charge < -0.3 is 10.1 Å². The van der Waals surface area contributed by atoms with Crippen LogP contribution in [0.2, 0.25) is 10.0 Å². The Labute approximate surface area is 159 Å². The van der Waals surface area contributed by atoms with Crippen molar-refractivity contribution in [1.29, 1.82) is 0 Å². The highest BCUT2D eigenvalue weighted by atomic mass is 35.5. The van der Waals surface area contributed by atoms with Gasteiger partial charge in [0, 0.05) is 16.5 Å². The molecule has 0 saturated heterocycles. The zero-order valence-electron chi connectivity index (χ0n) is 14.7. The predicted octanol–water partition coefficient (Wildman–Crippen LogP) is 5.13. The van der Waals surface area contributed by atoms with Gasteiger partial charge in [0.2, 0.25) is 5.91 Å². The predicted molar refractivity (Wildman–Crippen MR) is 104 cm³/mol. The van der Waals surface area contributed by atoms with Gasteiger partial charge >= 0.3 is 0 Å². The average molecular weight is 380 g/mol. The first-order valence-corrected chi connectivity index (χ1v) is 9.04. The van der Waals surface area contributed by atoms with Crippen LogP contribution in [0.1, 0.15) is 30.0 Å². The highest BCUT2D eigenvalue weighted by Gasteiger charge is 2.10. The van der Waals surface area contributed by atoms with E-state index in [1.807, 2.05) is 31.2 Å². The normalized spacial score (nSPS) is 11.9. The number of benzene rings is 2. The Morgan fingerprint density at radius 3 is 2.56 bits per heavy atom. The summed E-state index contributed by atoms with van der Waals surface area (Å²) in [6.07, 6.45) is 0.946. The number of hydrogen-bond donors (Lipinski definition) is 1. The first kappa shape index (κ1) is 19.6. The highest BCUT2D eigenvalue weighted by Crippen LogP contribution is 2.22. The molecule has 2 rings (SSSR count). The zero-order valence-corrected chi connectivity index (χ0v) is 16.2. The monoisotopic (exact) mass is 379 g/mol. The fourth-order valence-corrected chi connectivity index (χ4v) is 2.89. The van der Waals surface area contributed by atoms with Crippen molar-refractivity contribution in [1.82, 2.24) is 5.32 Å². The third-order valence-corrected chi connectivity index (χ3v) is 4.61. The van der Waals surface area contributed by atoms with Gasteiger partial charge in [0.25, 0.3) is 0 Å². The number of hydrogen-bond acceptors (Lipinski definition) is 2. The summed E-state index contributed by atoms with van der Waals surface area (Å²) >= 11 is 12.0.